The molecule has 0 spiro atoms. The van der Waals surface area contributed by atoms with Crippen molar-refractivity contribution < 1.29 is 9.26 Å². The van der Waals surface area contributed by atoms with Gasteiger partial charge in [-0.1, -0.05) is 36.3 Å². The number of nitrogens with zero attached hydrogens (tertiary/aromatic N) is 6. The van der Waals surface area contributed by atoms with Crippen molar-refractivity contribution >= 4 is 5.52 Å². The lowest BCUT2D eigenvalue weighted by molar-refractivity contribution is 0.340. The minimum atomic E-state index is -0.297. The first-order valence-electron chi connectivity index (χ1n) is 10.7. The van der Waals surface area contributed by atoms with E-state index in [0.29, 0.717) is 29.5 Å². The minimum Gasteiger partial charge on any atom is -0.494 e. The number of aromatic nitrogens is 6. The van der Waals surface area contributed by atoms with Gasteiger partial charge in [0.05, 0.1) is 12.3 Å². The average molecular weight is 442 g/mol. The lowest BCUT2D eigenvalue weighted by Gasteiger charge is -2.02. The SMILES string of the molecule is CCOc1ccc(-c2cc3c(=O)n(Cc4nc(-c5ccc(CC)cc5)no4)ncn3n2)cc1. The zero-order chi connectivity index (χ0) is 22.8. The molecule has 0 saturated heterocycles. The quantitative estimate of drug-likeness (QED) is 0.379. The smallest absolute Gasteiger partial charge is 0.293 e. The van der Waals surface area contributed by atoms with Crippen molar-refractivity contribution in [1.29, 1.82) is 0 Å². The molecular weight excluding hydrogens is 420 g/mol. The van der Waals surface area contributed by atoms with Crippen molar-refractivity contribution in [2.45, 2.75) is 26.8 Å². The highest BCUT2D eigenvalue weighted by molar-refractivity contribution is 5.66. The summed E-state index contributed by atoms with van der Waals surface area (Å²) < 4.78 is 13.6. The molecule has 0 bridgehead atoms. The molecule has 33 heavy (non-hydrogen) atoms. The summed E-state index contributed by atoms with van der Waals surface area (Å²) in [7, 11) is 0. The van der Waals surface area contributed by atoms with Gasteiger partial charge in [-0.25, -0.2) is 9.20 Å². The monoisotopic (exact) mass is 442 g/mol. The molecule has 0 aliphatic rings. The normalized spacial score (nSPS) is 11.2. The topological polar surface area (TPSA) is 100 Å². The lowest BCUT2D eigenvalue weighted by atomic mass is 10.1. The van der Waals surface area contributed by atoms with Crippen LogP contribution in [0.5, 0.6) is 5.75 Å². The van der Waals surface area contributed by atoms with E-state index in [1.54, 1.807) is 6.07 Å². The summed E-state index contributed by atoms with van der Waals surface area (Å²) >= 11 is 0. The van der Waals surface area contributed by atoms with Crippen molar-refractivity contribution in [2.75, 3.05) is 6.61 Å². The number of ether oxygens (including phenoxy) is 1. The lowest BCUT2D eigenvalue weighted by Crippen LogP contribution is -2.25. The molecule has 9 nitrogen and oxygen atoms in total. The van der Waals surface area contributed by atoms with E-state index < -0.39 is 0 Å². The minimum absolute atomic E-state index is 0.0684. The highest BCUT2D eigenvalue weighted by atomic mass is 16.5. The highest BCUT2D eigenvalue weighted by Crippen LogP contribution is 2.22. The fraction of sp³-hybridized carbons (Fsp3) is 0.208. The van der Waals surface area contributed by atoms with Gasteiger partial charge in [0.15, 0.2) is 0 Å². The molecule has 5 aromatic rings. The van der Waals surface area contributed by atoms with Crippen molar-refractivity contribution in [3.8, 4) is 28.4 Å². The van der Waals surface area contributed by atoms with E-state index in [9.17, 15) is 4.79 Å². The van der Waals surface area contributed by atoms with Crippen LogP contribution in [0.3, 0.4) is 0 Å². The Labute approximate surface area is 189 Å². The van der Waals surface area contributed by atoms with Gasteiger partial charge in [0.2, 0.25) is 11.7 Å². The molecule has 0 atom stereocenters. The van der Waals surface area contributed by atoms with Crippen LogP contribution < -0.4 is 10.3 Å². The van der Waals surface area contributed by atoms with E-state index in [4.69, 9.17) is 9.26 Å². The third-order valence-corrected chi connectivity index (χ3v) is 5.32. The maximum Gasteiger partial charge on any atom is 0.293 e. The van der Waals surface area contributed by atoms with Crippen molar-refractivity contribution in [3.63, 3.8) is 0 Å². The molecule has 2 aromatic carbocycles. The molecule has 0 radical (unpaired) electrons. The molecule has 0 unspecified atom stereocenters. The van der Waals surface area contributed by atoms with E-state index >= 15 is 0 Å². The molecule has 0 fully saturated rings. The van der Waals surface area contributed by atoms with Crippen molar-refractivity contribution in [2.24, 2.45) is 0 Å². The van der Waals surface area contributed by atoms with Gasteiger partial charge in [0.1, 0.15) is 24.1 Å². The van der Waals surface area contributed by atoms with Crippen molar-refractivity contribution in [3.05, 3.63) is 82.7 Å². The second-order valence-electron chi connectivity index (χ2n) is 7.47. The molecule has 0 amide bonds. The maximum atomic E-state index is 13.0. The summed E-state index contributed by atoms with van der Waals surface area (Å²) in [6.45, 7) is 4.71. The van der Waals surface area contributed by atoms with Gasteiger partial charge >= 0.3 is 0 Å². The second kappa shape index (κ2) is 8.70. The standard InChI is InChI=1S/C24H22N6O3/c1-3-16-5-7-18(8-6-16)23-26-22(33-28-23)14-29-24(31)21-13-20(27-30(21)15-25-29)17-9-11-19(12-10-17)32-4-2/h5-13,15H,3-4,14H2,1-2H3. The molecule has 3 aromatic heterocycles. The summed E-state index contributed by atoms with van der Waals surface area (Å²) in [6.07, 6.45) is 2.46. The largest absolute Gasteiger partial charge is 0.494 e. The molecular formula is C24H22N6O3. The first-order valence-corrected chi connectivity index (χ1v) is 10.7. The molecule has 0 aliphatic heterocycles. The number of benzene rings is 2. The molecule has 166 valence electrons. The summed E-state index contributed by atoms with van der Waals surface area (Å²) in [5.74, 6) is 1.56. The van der Waals surface area contributed by atoms with E-state index in [2.05, 4.69) is 27.3 Å². The van der Waals surface area contributed by atoms with Gasteiger partial charge in [-0.05, 0) is 49.2 Å². The predicted octanol–water partition coefficient (Wildman–Crippen LogP) is 3.62. The molecule has 3 heterocycles. The Morgan fingerprint density at radius 1 is 1.00 bits per heavy atom. The maximum absolute atomic E-state index is 13.0. The summed E-state index contributed by atoms with van der Waals surface area (Å²) in [6, 6.07) is 17.3. The zero-order valence-electron chi connectivity index (χ0n) is 18.3. The van der Waals surface area contributed by atoms with E-state index in [0.717, 1.165) is 23.3 Å². The number of hydrogen-bond donors (Lipinski definition) is 0. The Balaban J connectivity index is 1.39. The summed E-state index contributed by atoms with van der Waals surface area (Å²) in [5.41, 5.74) is 3.75. The second-order valence-corrected chi connectivity index (χ2v) is 7.47. The van der Waals surface area contributed by atoms with Gasteiger partial charge < -0.3 is 9.26 Å². The Morgan fingerprint density at radius 3 is 2.48 bits per heavy atom. The Hall–Kier alpha value is -4.27. The Morgan fingerprint density at radius 2 is 1.76 bits per heavy atom. The third-order valence-electron chi connectivity index (χ3n) is 5.32. The van der Waals surface area contributed by atoms with Crippen molar-refractivity contribution in [1.82, 2.24) is 29.5 Å². The van der Waals surface area contributed by atoms with Crippen LogP contribution in [-0.4, -0.2) is 36.1 Å². The van der Waals surface area contributed by atoms with Crippen LogP contribution in [0, 0.1) is 0 Å². The number of aryl methyl sites for hydroxylation is 1. The molecule has 0 N–H and O–H groups in total. The van der Waals surface area contributed by atoms with Crippen LogP contribution in [0.4, 0.5) is 0 Å². The van der Waals surface area contributed by atoms with Crippen LogP contribution in [0.25, 0.3) is 28.2 Å². The fourth-order valence-electron chi connectivity index (χ4n) is 3.53. The van der Waals surface area contributed by atoms with Crippen LogP contribution in [0.15, 0.2) is 70.2 Å². The highest BCUT2D eigenvalue weighted by Gasteiger charge is 2.14. The first-order chi connectivity index (χ1) is 16.1. The fourth-order valence-corrected chi connectivity index (χ4v) is 3.53. The van der Waals surface area contributed by atoms with E-state index in [1.807, 2.05) is 55.5 Å². The average Bonchev–Trinajstić information content (AvgIpc) is 3.50. The van der Waals surface area contributed by atoms with Gasteiger partial charge in [0.25, 0.3) is 5.56 Å². The van der Waals surface area contributed by atoms with E-state index in [-0.39, 0.29) is 12.1 Å². The Kier molecular flexibility index (Phi) is 5.43. The molecule has 9 heteroatoms. The van der Waals surface area contributed by atoms with Crippen LogP contribution in [0.1, 0.15) is 25.3 Å². The molecule has 5 rings (SSSR count). The number of hydrogen-bond acceptors (Lipinski definition) is 7. The van der Waals surface area contributed by atoms with Gasteiger partial charge in [-0.15, -0.1) is 0 Å². The van der Waals surface area contributed by atoms with Gasteiger partial charge in [-0.2, -0.15) is 15.2 Å². The van der Waals surface area contributed by atoms with E-state index in [1.165, 1.54) is 21.1 Å². The summed E-state index contributed by atoms with van der Waals surface area (Å²) in [4.78, 5) is 17.4. The molecule has 0 saturated carbocycles. The predicted molar refractivity (Wildman–Crippen MR) is 122 cm³/mol. The Bertz CT molecular complexity index is 1450. The van der Waals surface area contributed by atoms with Crippen LogP contribution in [0.2, 0.25) is 0 Å². The molecule has 0 aliphatic carbocycles. The van der Waals surface area contributed by atoms with Gasteiger partial charge in [-0.3, -0.25) is 4.79 Å². The zero-order valence-corrected chi connectivity index (χ0v) is 18.3. The van der Waals surface area contributed by atoms with Crippen LogP contribution >= 0.6 is 0 Å². The first kappa shape index (κ1) is 20.6. The third kappa shape index (κ3) is 4.12. The summed E-state index contributed by atoms with van der Waals surface area (Å²) in [5, 5.41) is 12.7. The van der Waals surface area contributed by atoms with Crippen LogP contribution in [-0.2, 0) is 13.0 Å². The number of rotatable bonds is 7. The van der Waals surface area contributed by atoms with Gasteiger partial charge in [0, 0.05) is 11.1 Å². The number of fused-ring (bicyclic) bond motifs is 1.